The van der Waals surface area contributed by atoms with Gasteiger partial charge >= 0.3 is 0 Å². The third kappa shape index (κ3) is 4.81. The lowest BCUT2D eigenvalue weighted by Gasteiger charge is -2.12. The molecule has 3 heterocycles. The molecular formula is C26H19ClFN5O2S2. The number of nitrogens with zero attached hydrogens (tertiary/aromatic N) is 4. The third-order valence-electron chi connectivity index (χ3n) is 5.71. The Morgan fingerprint density at radius 2 is 1.81 bits per heavy atom. The minimum absolute atomic E-state index is 0.197. The van der Waals surface area contributed by atoms with Gasteiger partial charge in [-0.2, -0.15) is 5.26 Å². The van der Waals surface area contributed by atoms with Crippen molar-refractivity contribution >= 4 is 54.8 Å². The molecule has 0 aliphatic carbocycles. The Morgan fingerprint density at radius 1 is 1.08 bits per heavy atom. The molecule has 0 amide bonds. The lowest BCUT2D eigenvalue weighted by molar-refractivity contribution is 0.586. The first kappa shape index (κ1) is 24.9. The number of rotatable bonds is 7. The number of thiazole rings is 1. The summed E-state index contributed by atoms with van der Waals surface area (Å²) in [7, 11) is -3.83. The monoisotopic (exact) mass is 551 g/mol. The van der Waals surface area contributed by atoms with Gasteiger partial charge in [0, 0.05) is 5.56 Å². The Hall–Kier alpha value is -3.78. The van der Waals surface area contributed by atoms with E-state index in [4.69, 9.17) is 11.6 Å². The molecule has 0 aliphatic rings. The Morgan fingerprint density at radius 3 is 2.49 bits per heavy atom. The van der Waals surface area contributed by atoms with Gasteiger partial charge in [0.1, 0.15) is 33.1 Å². The number of hydrogen-bond acceptors (Lipinski definition) is 7. The zero-order chi connectivity index (χ0) is 26.2. The molecular weight excluding hydrogens is 533 g/mol. The van der Waals surface area contributed by atoms with Gasteiger partial charge in [0.05, 0.1) is 22.7 Å². The molecule has 0 radical (unpaired) electrons. The molecule has 5 aromatic rings. The van der Waals surface area contributed by atoms with Gasteiger partial charge in [0.2, 0.25) is 10.0 Å². The molecule has 0 spiro atoms. The maximum Gasteiger partial charge on any atom is 0.243 e. The van der Waals surface area contributed by atoms with E-state index in [9.17, 15) is 18.1 Å². The normalized spacial score (nSPS) is 11.5. The van der Waals surface area contributed by atoms with E-state index in [0.29, 0.717) is 55.7 Å². The second-order valence-electron chi connectivity index (χ2n) is 8.12. The van der Waals surface area contributed by atoms with Crippen LogP contribution in [0.5, 0.6) is 0 Å². The summed E-state index contributed by atoms with van der Waals surface area (Å²) in [5, 5.41) is 13.5. The summed E-state index contributed by atoms with van der Waals surface area (Å²) in [4.78, 5) is 9.32. The summed E-state index contributed by atoms with van der Waals surface area (Å²) in [5.74, 6) is -0.590. The van der Waals surface area contributed by atoms with E-state index >= 15 is 0 Å². The molecule has 0 saturated carbocycles. The number of hydrogen-bond donors (Lipinski definition) is 1. The van der Waals surface area contributed by atoms with Crippen LogP contribution in [0.3, 0.4) is 0 Å². The first-order valence-corrected chi connectivity index (χ1v) is 14.0. The second-order valence-corrected chi connectivity index (χ2v) is 11.3. The molecule has 37 heavy (non-hydrogen) atoms. The smallest absolute Gasteiger partial charge is 0.243 e. The first-order chi connectivity index (χ1) is 17.8. The van der Waals surface area contributed by atoms with Crippen molar-refractivity contribution in [3.8, 4) is 17.3 Å². The van der Waals surface area contributed by atoms with Crippen molar-refractivity contribution in [2.75, 3.05) is 5.32 Å². The largest absolute Gasteiger partial charge is 0.328 e. The highest BCUT2D eigenvalue weighted by molar-refractivity contribution is 7.89. The van der Waals surface area contributed by atoms with Gasteiger partial charge in [-0.05, 0) is 48.4 Å². The van der Waals surface area contributed by atoms with E-state index in [1.54, 1.807) is 48.5 Å². The number of benzene rings is 2. The van der Waals surface area contributed by atoms with Crippen LogP contribution in [0, 0.1) is 17.1 Å². The van der Waals surface area contributed by atoms with Crippen molar-refractivity contribution in [1.82, 2.24) is 13.9 Å². The Kier molecular flexibility index (Phi) is 6.69. The van der Waals surface area contributed by atoms with Crippen LogP contribution in [-0.4, -0.2) is 22.4 Å². The van der Waals surface area contributed by atoms with Crippen molar-refractivity contribution in [3.63, 3.8) is 0 Å². The van der Waals surface area contributed by atoms with Crippen LogP contribution < -0.4 is 5.32 Å². The Labute approximate surface area is 221 Å². The molecule has 5 rings (SSSR count). The molecule has 0 fully saturated rings. The van der Waals surface area contributed by atoms with E-state index in [1.807, 2.05) is 13.0 Å². The lowest BCUT2D eigenvalue weighted by atomic mass is 10.1. The molecule has 0 saturated heterocycles. The van der Waals surface area contributed by atoms with E-state index in [-0.39, 0.29) is 10.9 Å². The highest BCUT2D eigenvalue weighted by atomic mass is 35.5. The molecule has 2 aromatic carbocycles. The summed E-state index contributed by atoms with van der Waals surface area (Å²) in [6.45, 7) is 1.85. The highest BCUT2D eigenvalue weighted by Crippen LogP contribution is 2.38. The standard InChI is InChI=1S/C26H19ClFN5O2S2/c1-2-19-24(32-26-31-23(21(14-29)36-26)17-8-10-18(28)11-9-17)25-20(12-13-22(27)30-25)33(19)37(34,35)15-16-6-4-3-5-7-16/h3-13H,2,15H2,1H3,(H,31,32). The van der Waals surface area contributed by atoms with Gasteiger partial charge in [-0.1, -0.05) is 60.2 Å². The van der Waals surface area contributed by atoms with Crippen LogP contribution in [0.4, 0.5) is 15.2 Å². The fraction of sp³-hybridized carbons (Fsp3) is 0.115. The summed E-state index contributed by atoms with van der Waals surface area (Å²) in [5.41, 5.74) is 3.34. The van der Waals surface area contributed by atoms with Gasteiger partial charge in [0.25, 0.3) is 0 Å². The zero-order valence-corrected chi connectivity index (χ0v) is 21.8. The Bertz CT molecular complexity index is 1760. The average Bonchev–Trinajstić information content (AvgIpc) is 3.44. The van der Waals surface area contributed by atoms with Gasteiger partial charge in [-0.3, -0.25) is 0 Å². The van der Waals surface area contributed by atoms with E-state index in [0.717, 1.165) is 11.3 Å². The van der Waals surface area contributed by atoms with Crippen molar-refractivity contribution in [2.24, 2.45) is 0 Å². The molecule has 0 atom stereocenters. The van der Waals surface area contributed by atoms with Crippen LogP contribution in [0.2, 0.25) is 5.15 Å². The Balaban J connectivity index is 1.64. The zero-order valence-electron chi connectivity index (χ0n) is 19.4. The van der Waals surface area contributed by atoms with E-state index in [1.165, 1.54) is 16.1 Å². The number of aromatic nitrogens is 3. The summed E-state index contributed by atoms with van der Waals surface area (Å²) < 4.78 is 42.0. The van der Waals surface area contributed by atoms with Crippen LogP contribution in [-0.2, 0) is 22.2 Å². The fourth-order valence-electron chi connectivity index (χ4n) is 4.14. The number of fused-ring (bicyclic) bond motifs is 1. The van der Waals surface area contributed by atoms with Gasteiger partial charge in [0.15, 0.2) is 5.13 Å². The molecule has 186 valence electrons. The number of pyridine rings is 1. The predicted molar refractivity (Wildman–Crippen MR) is 144 cm³/mol. The molecule has 0 unspecified atom stereocenters. The van der Waals surface area contributed by atoms with Crippen molar-refractivity contribution in [1.29, 1.82) is 5.26 Å². The van der Waals surface area contributed by atoms with Crippen molar-refractivity contribution < 1.29 is 12.8 Å². The molecule has 0 bridgehead atoms. The van der Waals surface area contributed by atoms with Gasteiger partial charge in [-0.25, -0.2) is 26.7 Å². The quantitative estimate of drug-likeness (QED) is 0.231. The first-order valence-electron chi connectivity index (χ1n) is 11.2. The minimum Gasteiger partial charge on any atom is -0.328 e. The number of anilines is 2. The van der Waals surface area contributed by atoms with Crippen molar-refractivity contribution in [2.45, 2.75) is 19.1 Å². The topological polar surface area (TPSA) is 101 Å². The van der Waals surface area contributed by atoms with Gasteiger partial charge < -0.3 is 5.32 Å². The minimum atomic E-state index is -3.83. The SMILES string of the molecule is CCc1c(Nc2nc(-c3ccc(F)cc3)c(C#N)s2)c2nc(Cl)ccc2n1S(=O)(=O)Cc1ccccc1. The summed E-state index contributed by atoms with van der Waals surface area (Å²) in [6.07, 6.45) is 0.367. The van der Waals surface area contributed by atoms with Gasteiger partial charge in [-0.15, -0.1) is 0 Å². The highest BCUT2D eigenvalue weighted by Gasteiger charge is 2.27. The molecule has 0 aliphatic heterocycles. The van der Waals surface area contributed by atoms with E-state index in [2.05, 4.69) is 21.4 Å². The number of halogens is 2. The van der Waals surface area contributed by atoms with E-state index < -0.39 is 15.8 Å². The molecule has 3 aromatic heterocycles. The average molecular weight is 552 g/mol. The third-order valence-corrected chi connectivity index (χ3v) is 8.47. The van der Waals surface area contributed by atoms with Crippen LogP contribution >= 0.6 is 22.9 Å². The number of nitriles is 1. The molecule has 1 N–H and O–H groups in total. The fourth-order valence-corrected chi connectivity index (χ4v) is 6.82. The van der Waals surface area contributed by atoms with Crippen LogP contribution in [0.1, 0.15) is 23.1 Å². The molecule has 7 nitrogen and oxygen atoms in total. The number of nitrogens with one attached hydrogen (secondary N) is 1. The summed E-state index contributed by atoms with van der Waals surface area (Å²) in [6, 6.07) is 20.0. The van der Waals surface area contributed by atoms with Crippen molar-refractivity contribution in [3.05, 3.63) is 93.8 Å². The van der Waals surface area contributed by atoms with Crippen LogP contribution in [0.15, 0.2) is 66.7 Å². The predicted octanol–water partition coefficient (Wildman–Crippen LogP) is 6.51. The lowest BCUT2D eigenvalue weighted by Crippen LogP contribution is -2.17. The summed E-state index contributed by atoms with van der Waals surface area (Å²) >= 11 is 7.31. The maximum absolute atomic E-state index is 13.7. The van der Waals surface area contributed by atoms with Crippen LogP contribution in [0.25, 0.3) is 22.3 Å². The maximum atomic E-state index is 13.7. The second kappa shape index (κ2) is 9.94. The molecule has 11 heteroatoms.